The Labute approximate surface area is 147 Å². The Morgan fingerprint density at radius 1 is 1.33 bits per heavy atom. The third-order valence-corrected chi connectivity index (χ3v) is 4.55. The maximum absolute atomic E-state index is 11.9. The van der Waals surface area contributed by atoms with E-state index in [0.29, 0.717) is 17.5 Å². The van der Waals surface area contributed by atoms with Crippen LogP contribution in [0.15, 0.2) is 47.3 Å². The molecule has 0 bridgehead atoms. The Morgan fingerprint density at radius 2 is 2.21 bits per heavy atom. The molecule has 1 amide bonds. The Balaban J connectivity index is 1.64. The zero-order valence-electron chi connectivity index (χ0n) is 12.9. The van der Waals surface area contributed by atoms with Crippen LogP contribution in [0.2, 0.25) is 0 Å². The molecule has 0 aliphatic carbocycles. The van der Waals surface area contributed by atoms with Crippen molar-refractivity contribution in [1.29, 1.82) is 0 Å². The molecule has 2 heterocycles. The number of hydrogen-bond donors (Lipinski definition) is 1. The number of thiazole rings is 2. The highest BCUT2D eigenvalue weighted by Crippen LogP contribution is 2.21. The molecular weight excluding hydrogens is 342 g/mol. The fourth-order valence-corrected chi connectivity index (χ4v) is 3.10. The number of ether oxygens (including phenoxy) is 1. The first-order chi connectivity index (χ1) is 11.7. The van der Waals surface area contributed by atoms with Gasteiger partial charge in [0.05, 0.1) is 10.7 Å². The van der Waals surface area contributed by atoms with Gasteiger partial charge >= 0.3 is 0 Å². The minimum absolute atomic E-state index is 0.227. The zero-order valence-corrected chi connectivity index (χ0v) is 14.6. The SMILES string of the molecule is Cc1nc(COc2ccccc2C=CC(=O)Nc2nccs2)cs1. The highest BCUT2D eigenvalue weighted by molar-refractivity contribution is 7.13. The lowest BCUT2D eigenvalue weighted by Crippen LogP contribution is -2.07. The first kappa shape index (κ1) is 16.4. The van der Waals surface area contributed by atoms with E-state index in [1.807, 2.05) is 41.9 Å². The molecule has 1 N–H and O–H groups in total. The predicted molar refractivity (Wildman–Crippen MR) is 97.4 cm³/mol. The monoisotopic (exact) mass is 357 g/mol. The number of nitrogens with one attached hydrogen (secondary N) is 1. The number of benzene rings is 1. The summed E-state index contributed by atoms with van der Waals surface area (Å²) in [5.74, 6) is 0.483. The van der Waals surface area contributed by atoms with E-state index in [1.165, 1.54) is 17.4 Å². The van der Waals surface area contributed by atoms with Crippen LogP contribution in [0.3, 0.4) is 0 Å². The second kappa shape index (κ2) is 7.85. The lowest BCUT2D eigenvalue weighted by Gasteiger charge is -2.07. The van der Waals surface area contributed by atoms with Gasteiger partial charge in [0.2, 0.25) is 5.91 Å². The number of carbonyl (C=O) groups excluding carboxylic acids is 1. The van der Waals surface area contributed by atoms with Gasteiger partial charge in [-0.2, -0.15) is 0 Å². The summed E-state index contributed by atoms with van der Waals surface area (Å²) in [4.78, 5) is 20.3. The van der Waals surface area contributed by atoms with E-state index in [4.69, 9.17) is 4.74 Å². The van der Waals surface area contributed by atoms with E-state index in [2.05, 4.69) is 15.3 Å². The van der Waals surface area contributed by atoms with Crippen molar-refractivity contribution in [2.24, 2.45) is 0 Å². The molecule has 0 spiro atoms. The average Bonchev–Trinajstić information content (AvgIpc) is 3.23. The smallest absolute Gasteiger partial charge is 0.250 e. The maximum Gasteiger partial charge on any atom is 0.250 e. The molecule has 0 aliphatic rings. The molecule has 122 valence electrons. The third-order valence-electron chi connectivity index (χ3n) is 3.04. The number of amides is 1. The van der Waals surface area contributed by atoms with Crippen LogP contribution in [0.25, 0.3) is 6.08 Å². The molecule has 1 aromatic carbocycles. The van der Waals surface area contributed by atoms with E-state index in [1.54, 1.807) is 23.6 Å². The fourth-order valence-electron chi connectivity index (χ4n) is 1.97. The van der Waals surface area contributed by atoms with E-state index in [9.17, 15) is 4.79 Å². The number of para-hydroxylation sites is 1. The van der Waals surface area contributed by atoms with Crippen molar-refractivity contribution < 1.29 is 9.53 Å². The zero-order chi connectivity index (χ0) is 16.8. The third kappa shape index (κ3) is 4.50. The summed E-state index contributed by atoms with van der Waals surface area (Å²) in [5, 5.41) is 8.09. The number of hydrogen-bond acceptors (Lipinski definition) is 6. The van der Waals surface area contributed by atoms with Gasteiger partial charge in [-0.25, -0.2) is 9.97 Å². The van der Waals surface area contributed by atoms with E-state index >= 15 is 0 Å². The molecule has 0 fully saturated rings. The van der Waals surface area contributed by atoms with Crippen LogP contribution in [0, 0.1) is 6.92 Å². The first-order valence-corrected chi connectivity index (χ1v) is 8.98. The van der Waals surface area contributed by atoms with Crippen molar-refractivity contribution >= 4 is 39.8 Å². The minimum atomic E-state index is -0.227. The Kier molecular flexibility index (Phi) is 5.35. The Morgan fingerprint density at radius 3 is 2.96 bits per heavy atom. The molecule has 0 saturated heterocycles. The van der Waals surface area contributed by atoms with Gasteiger partial charge in [-0.05, 0) is 19.1 Å². The lowest BCUT2D eigenvalue weighted by molar-refractivity contribution is -0.111. The summed E-state index contributed by atoms with van der Waals surface area (Å²) >= 11 is 2.97. The molecule has 3 aromatic rings. The number of aryl methyl sites for hydroxylation is 1. The summed E-state index contributed by atoms with van der Waals surface area (Å²) < 4.78 is 5.83. The van der Waals surface area contributed by atoms with E-state index < -0.39 is 0 Å². The molecule has 5 nitrogen and oxygen atoms in total. The quantitative estimate of drug-likeness (QED) is 0.674. The topological polar surface area (TPSA) is 64.1 Å². The summed E-state index contributed by atoms with van der Waals surface area (Å²) in [5.41, 5.74) is 1.73. The molecule has 2 aromatic heterocycles. The van der Waals surface area contributed by atoms with Gasteiger partial charge < -0.3 is 4.74 Å². The van der Waals surface area contributed by atoms with Crippen LogP contribution in [0.4, 0.5) is 5.13 Å². The number of rotatable bonds is 6. The van der Waals surface area contributed by atoms with Crippen molar-refractivity contribution in [1.82, 2.24) is 9.97 Å². The van der Waals surface area contributed by atoms with Gasteiger partial charge in [0.25, 0.3) is 0 Å². The number of carbonyl (C=O) groups is 1. The fraction of sp³-hybridized carbons (Fsp3) is 0.118. The number of anilines is 1. The first-order valence-electron chi connectivity index (χ1n) is 7.22. The Bertz CT molecular complexity index is 841. The summed E-state index contributed by atoms with van der Waals surface area (Å²) in [6.07, 6.45) is 4.84. The highest BCUT2D eigenvalue weighted by atomic mass is 32.1. The second-order valence-corrected chi connectivity index (χ2v) is 6.80. The van der Waals surface area contributed by atoms with Crippen molar-refractivity contribution in [2.75, 3.05) is 5.32 Å². The standard InChI is InChI=1S/C17H15N3O2S2/c1-12-19-14(11-24-12)10-22-15-5-3-2-4-13(15)6-7-16(21)20-17-18-8-9-23-17/h2-9,11H,10H2,1H3,(H,18,20,21). The van der Waals surface area contributed by atoms with Crippen molar-refractivity contribution in [3.8, 4) is 5.75 Å². The van der Waals surface area contributed by atoms with Crippen LogP contribution in [0.5, 0.6) is 5.75 Å². The van der Waals surface area contributed by atoms with Crippen LogP contribution >= 0.6 is 22.7 Å². The lowest BCUT2D eigenvalue weighted by atomic mass is 10.2. The van der Waals surface area contributed by atoms with Crippen molar-refractivity contribution in [2.45, 2.75) is 13.5 Å². The molecule has 0 saturated carbocycles. The van der Waals surface area contributed by atoms with Crippen molar-refractivity contribution in [3.63, 3.8) is 0 Å². The van der Waals surface area contributed by atoms with Crippen LogP contribution in [-0.4, -0.2) is 15.9 Å². The molecular formula is C17H15N3O2S2. The molecule has 0 aliphatic heterocycles. The molecule has 0 unspecified atom stereocenters. The number of aromatic nitrogens is 2. The Hall–Kier alpha value is -2.51. The van der Waals surface area contributed by atoms with Crippen molar-refractivity contribution in [3.05, 3.63) is 63.6 Å². The maximum atomic E-state index is 11.9. The van der Waals surface area contributed by atoms with Gasteiger partial charge in [-0.15, -0.1) is 22.7 Å². The average molecular weight is 357 g/mol. The van der Waals surface area contributed by atoms with Gasteiger partial charge in [0, 0.05) is 28.6 Å². The van der Waals surface area contributed by atoms with E-state index in [-0.39, 0.29) is 5.91 Å². The summed E-state index contributed by atoms with van der Waals surface area (Å²) in [6, 6.07) is 7.57. The van der Waals surface area contributed by atoms with Crippen LogP contribution in [-0.2, 0) is 11.4 Å². The number of nitrogens with zero attached hydrogens (tertiary/aromatic N) is 2. The van der Waals surface area contributed by atoms with Crippen LogP contribution < -0.4 is 10.1 Å². The molecule has 0 atom stereocenters. The molecule has 0 radical (unpaired) electrons. The normalized spacial score (nSPS) is 10.9. The van der Waals surface area contributed by atoms with Gasteiger partial charge in [0.1, 0.15) is 12.4 Å². The summed E-state index contributed by atoms with van der Waals surface area (Å²) in [7, 11) is 0. The second-order valence-electron chi connectivity index (χ2n) is 4.84. The molecule has 7 heteroatoms. The minimum Gasteiger partial charge on any atom is -0.487 e. The summed E-state index contributed by atoms with van der Waals surface area (Å²) in [6.45, 7) is 2.37. The van der Waals surface area contributed by atoms with Gasteiger partial charge in [-0.3, -0.25) is 10.1 Å². The predicted octanol–water partition coefficient (Wildman–Crippen LogP) is 4.14. The highest BCUT2D eigenvalue weighted by Gasteiger charge is 2.04. The molecule has 3 rings (SSSR count). The molecule has 24 heavy (non-hydrogen) atoms. The van der Waals surface area contributed by atoms with Crippen LogP contribution in [0.1, 0.15) is 16.3 Å². The largest absolute Gasteiger partial charge is 0.487 e. The van der Waals surface area contributed by atoms with Gasteiger partial charge in [0.15, 0.2) is 5.13 Å². The van der Waals surface area contributed by atoms with E-state index in [0.717, 1.165) is 16.3 Å². The van der Waals surface area contributed by atoms with Gasteiger partial charge in [-0.1, -0.05) is 18.2 Å².